The molecular formula is C10H13N3O. The lowest BCUT2D eigenvalue weighted by Crippen LogP contribution is -2.01. The average molecular weight is 191 g/mol. The number of unbranched alkanes of at least 4 members (excludes halogenated alkanes) is 1. The number of hydrogen-bond donors (Lipinski definition) is 0. The quantitative estimate of drug-likeness (QED) is 0.681. The van der Waals surface area contributed by atoms with E-state index in [1.807, 2.05) is 13.0 Å². The Kier molecular flexibility index (Phi) is 3.86. The van der Waals surface area contributed by atoms with Crippen molar-refractivity contribution in [2.45, 2.75) is 26.7 Å². The van der Waals surface area contributed by atoms with Gasteiger partial charge >= 0.3 is 0 Å². The molecule has 0 amide bonds. The van der Waals surface area contributed by atoms with Crippen LogP contribution in [0.1, 0.15) is 31.3 Å². The lowest BCUT2D eigenvalue weighted by Gasteiger charge is -2.06. The highest BCUT2D eigenvalue weighted by atomic mass is 16.5. The van der Waals surface area contributed by atoms with E-state index in [0.717, 1.165) is 12.8 Å². The van der Waals surface area contributed by atoms with Gasteiger partial charge in [-0.1, -0.05) is 13.3 Å². The molecule has 1 aromatic heterocycles. The summed E-state index contributed by atoms with van der Waals surface area (Å²) in [5, 5.41) is 8.55. The molecule has 1 heterocycles. The number of nitriles is 1. The molecule has 0 spiro atoms. The summed E-state index contributed by atoms with van der Waals surface area (Å²) in [6, 6.07) is 1.88. The molecule has 0 unspecified atom stereocenters. The monoisotopic (exact) mass is 191 g/mol. The van der Waals surface area contributed by atoms with E-state index in [2.05, 4.69) is 16.9 Å². The second kappa shape index (κ2) is 5.18. The van der Waals surface area contributed by atoms with E-state index in [1.54, 1.807) is 6.20 Å². The Labute approximate surface area is 83.6 Å². The molecule has 0 fully saturated rings. The van der Waals surface area contributed by atoms with Crippen molar-refractivity contribution in [3.8, 4) is 11.8 Å². The summed E-state index contributed by atoms with van der Waals surface area (Å²) >= 11 is 0. The molecule has 0 aliphatic carbocycles. The molecule has 0 aliphatic rings. The summed E-state index contributed by atoms with van der Waals surface area (Å²) < 4.78 is 5.44. The molecular weight excluding hydrogens is 178 g/mol. The molecule has 1 rings (SSSR count). The van der Waals surface area contributed by atoms with Crippen LogP contribution >= 0.6 is 0 Å². The number of rotatable bonds is 4. The summed E-state index contributed by atoms with van der Waals surface area (Å²) in [6.45, 7) is 4.59. The lowest BCUT2D eigenvalue weighted by molar-refractivity contribution is 0.304. The minimum atomic E-state index is 0.186. The first-order valence-electron chi connectivity index (χ1n) is 4.64. The SMILES string of the molecule is CCCCOc1cnc(C#N)nc1C. The summed E-state index contributed by atoms with van der Waals surface area (Å²) in [5.41, 5.74) is 0.715. The van der Waals surface area contributed by atoms with Crippen LogP contribution in [-0.4, -0.2) is 16.6 Å². The number of aromatic nitrogens is 2. The zero-order chi connectivity index (χ0) is 10.4. The maximum Gasteiger partial charge on any atom is 0.232 e. The number of nitrogens with zero attached hydrogens (tertiary/aromatic N) is 3. The topological polar surface area (TPSA) is 58.8 Å². The van der Waals surface area contributed by atoms with Gasteiger partial charge in [-0.05, 0) is 13.3 Å². The zero-order valence-corrected chi connectivity index (χ0v) is 8.45. The van der Waals surface area contributed by atoms with E-state index in [9.17, 15) is 0 Å². The van der Waals surface area contributed by atoms with Gasteiger partial charge < -0.3 is 4.74 Å². The fourth-order valence-corrected chi connectivity index (χ4v) is 0.978. The average Bonchev–Trinajstić information content (AvgIpc) is 2.20. The van der Waals surface area contributed by atoms with Gasteiger partial charge in [-0.3, -0.25) is 0 Å². The van der Waals surface area contributed by atoms with Crippen molar-refractivity contribution in [2.24, 2.45) is 0 Å². The van der Waals surface area contributed by atoms with Gasteiger partial charge in [-0.15, -0.1) is 0 Å². The molecule has 0 N–H and O–H groups in total. The van der Waals surface area contributed by atoms with E-state index in [-0.39, 0.29) is 5.82 Å². The summed E-state index contributed by atoms with van der Waals surface area (Å²) in [4.78, 5) is 7.81. The third-order valence-corrected chi connectivity index (χ3v) is 1.79. The van der Waals surface area contributed by atoms with Gasteiger partial charge in [0.05, 0.1) is 18.5 Å². The van der Waals surface area contributed by atoms with Crippen molar-refractivity contribution in [2.75, 3.05) is 6.61 Å². The highest BCUT2D eigenvalue weighted by molar-refractivity contribution is 5.26. The van der Waals surface area contributed by atoms with Gasteiger partial charge in [0.15, 0.2) is 5.75 Å². The van der Waals surface area contributed by atoms with E-state index < -0.39 is 0 Å². The normalized spacial score (nSPS) is 9.50. The van der Waals surface area contributed by atoms with Crippen molar-refractivity contribution in [3.05, 3.63) is 17.7 Å². The fraction of sp³-hybridized carbons (Fsp3) is 0.500. The van der Waals surface area contributed by atoms with Crippen molar-refractivity contribution in [1.29, 1.82) is 5.26 Å². The standard InChI is InChI=1S/C10H13N3O/c1-3-4-5-14-9-7-12-10(6-11)13-8(9)2/h7H,3-5H2,1-2H3. The highest BCUT2D eigenvalue weighted by Crippen LogP contribution is 2.13. The van der Waals surface area contributed by atoms with Crippen molar-refractivity contribution in [1.82, 2.24) is 9.97 Å². The number of ether oxygens (including phenoxy) is 1. The third-order valence-electron chi connectivity index (χ3n) is 1.79. The second-order valence-electron chi connectivity index (χ2n) is 2.96. The molecule has 0 saturated heterocycles. The molecule has 4 nitrogen and oxygen atoms in total. The van der Waals surface area contributed by atoms with E-state index >= 15 is 0 Å². The second-order valence-corrected chi connectivity index (χ2v) is 2.96. The molecule has 0 aliphatic heterocycles. The van der Waals surface area contributed by atoms with Crippen LogP contribution in [0.15, 0.2) is 6.20 Å². The summed E-state index contributed by atoms with van der Waals surface area (Å²) in [6.07, 6.45) is 3.66. The lowest BCUT2D eigenvalue weighted by atomic mass is 10.3. The molecule has 0 aromatic carbocycles. The summed E-state index contributed by atoms with van der Waals surface area (Å²) in [7, 11) is 0. The maximum absolute atomic E-state index is 8.55. The van der Waals surface area contributed by atoms with Crippen molar-refractivity contribution >= 4 is 0 Å². The molecule has 74 valence electrons. The van der Waals surface area contributed by atoms with E-state index in [1.165, 1.54) is 0 Å². The molecule has 0 saturated carbocycles. The molecule has 4 heteroatoms. The molecule has 0 bridgehead atoms. The molecule has 0 atom stereocenters. The minimum Gasteiger partial charge on any atom is -0.490 e. The zero-order valence-electron chi connectivity index (χ0n) is 8.45. The highest BCUT2D eigenvalue weighted by Gasteiger charge is 2.02. The number of aryl methyl sites for hydroxylation is 1. The Bertz CT molecular complexity index is 344. The van der Waals surface area contributed by atoms with Crippen LogP contribution in [0.2, 0.25) is 0 Å². The van der Waals surface area contributed by atoms with Gasteiger partial charge in [0.1, 0.15) is 6.07 Å². The Balaban J connectivity index is 2.65. The predicted octanol–water partition coefficient (Wildman–Crippen LogP) is 1.84. The van der Waals surface area contributed by atoms with Crippen LogP contribution in [0.3, 0.4) is 0 Å². The van der Waals surface area contributed by atoms with Crippen LogP contribution in [0.25, 0.3) is 0 Å². The Hall–Kier alpha value is -1.63. The number of hydrogen-bond acceptors (Lipinski definition) is 4. The van der Waals surface area contributed by atoms with E-state index in [4.69, 9.17) is 10.00 Å². The summed E-state index contributed by atoms with van der Waals surface area (Å²) in [5.74, 6) is 0.850. The Morgan fingerprint density at radius 3 is 2.93 bits per heavy atom. The predicted molar refractivity (Wildman–Crippen MR) is 51.9 cm³/mol. The molecule has 14 heavy (non-hydrogen) atoms. The Morgan fingerprint density at radius 2 is 2.36 bits per heavy atom. The van der Waals surface area contributed by atoms with Crippen LogP contribution in [0, 0.1) is 18.3 Å². The first-order chi connectivity index (χ1) is 6.77. The minimum absolute atomic E-state index is 0.186. The van der Waals surface area contributed by atoms with Crippen LogP contribution in [0.4, 0.5) is 0 Å². The van der Waals surface area contributed by atoms with Crippen molar-refractivity contribution in [3.63, 3.8) is 0 Å². The van der Waals surface area contributed by atoms with Gasteiger partial charge in [-0.2, -0.15) is 5.26 Å². The molecule has 1 aromatic rings. The molecule has 0 radical (unpaired) electrons. The first kappa shape index (κ1) is 10.5. The maximum atomic E-state index is 8.55. The van der Waals surface area contributed by atoms with Gasteiger partial charge in [0.25, 0.3) is 0 Å². The van der Waals surface area contributed by atoms with Crippen LogP contribution < -0.4 is 4.74 Å². The third kappa shape index (κ3) is 2.70. The van der Waals surface area contributed by atoms with E-state index in [0.29, 0.717) is 18.1 Å². The van der Waals surface area contributed by atoms with Crippen molar-refractivity contribution < 1.29 is 4.74 Å². The first-order valence-corrected chi connectivity index (χ1v) is 4.64. The van der Waals surface area contributed by atoms with Gasteiger partial charge in [-0.25, -0.2) is 9.97 Å². The van der Waals surface area contributed by atoms with Gasteiger partial charge in [0.2, 0.25) is 5.82 Å². The Morgan fingerprint density at radius 1 is 1.57 bits per heavy atom. The van der Waals surface area contributed by atoms with Crippen LogP contribution in [0.5, 0.6) is 5.75 Å². The van der Waals surface area contributed by atoms with Gasteiger partial charge in [0, 0.05) is 0 Å². The smallest absolute Gasteiger partial charge is 0.232 e. The largest absolute Gasteiger partial charge is 0.490 e. The van der Waals surface area contributed by atoms with Crippen LogP contribution in [-0.2, 0) is 0 Å². The fourth-order valence-electron chi connectivity index (χ4n) is 0.978.